The molecule has 0 aliphatic carbocycles. The highest BCUT2D eigenvalue weighted by molar-refractivity contribution is 6.16. The Bertz CT molecular complexity index is 610. The van der Waals surface area contributed by atoms with Crippen molar-refractivity contribution in [1.29, 1.82) is 0 Å². The summed E-state index contributed by atoms with van der Waals surface area (Å²) in [6.45, 7) is 4.22. The van der Waals surface area contributed by atoms with Crippen molar-refractivity contribution in [2.24, 2.45) is 0 Å². The summed E-state index contributed by atoms with van der Waals surface area (Å²) in [5.41, 5.74) is 0.724. The lowest BCUT2D eigenvalue weighted by molar-refractivity contribution is 0.412. The lowest BCUT2D eigenvalue weighted by Gasteiger charge is -2.21. The minimum atomic E-state index is -0.837. The van der Waals surface area contributed by atoms with E-state index < -0.39 is 11.6 Å². The maximum atomic E-state index is 14.3. The molecule has 0 amide bonds. The Hall–Kier alpha value is -1.16. The molecule has 2 aromatic rings. The van der Waals surface area contributed by atoms with Crippen LogP contribution in [0.2, 0.25) is 0 Å². The van der Waals surface area contributed by atoms with Crippen LogP contribution in [-0.4, -0.2) is 9.55 Å². The highest BCUT2D eigenvalue weighted by Crippen LogP contribution is 2.31. The van der Waals surface area contributed by atoms with Gasteiger partial charge >= 0.3 is 0 Å². The third-order valence-corrected chi connectivity index (χ3v) is 4.05. The second-order valence-corrected chi connectivity index (χ2v) is 5.61. The van der Waals surface area contributed by atoms with Crippen LogP contribution < -0.4 is 0 Å². The summed E-state index contributed by atoms with van der Waals surface area (Å²) in [6.07, 6.45) is 4.93. The fourth-order valence-electron chi connectivity index (χ4n) is 2.83. The highest BCUT2D eigenvalue weighted by Gasteiger charge is 2.22. The molecule has 0 bridgehead atoms. The third-order valence-electron chi connectivity index (χ3n) is 3.81. The van der Waals surface area contributed by atoms with Crippen LogP contribution >= 0.6 is 11.6 Å². The molecular formula is C16H21ClF2N2. The first-order chi connectivity index (χ1) is 10.1. The molecular weight excluding hydrogens is 294 g/mol. The van der Waals surface area contributed by atoms with Gasteiger partial charge in [-0.2, -0.15) is 0 Å². The second-order valence-electron chi connectivity index (χ2n) is 5.35. The van der Waals surface area contributed by atoms with Gasteiger partial charge in [-0.25, -0.2) is 13.8 Å². The number of alkyl halides is 1. The fraction of sp³-hybridized carbons (Fsp3) is 0.562. The molecule has 5 heteroatoms. The average molecular weight is 315 g/mol. The topological polar surface area (TPSA) is 17.8 Å². The number of aromatic nitrogens is 2. The van der Waals surface area contributed by atoms with Crippen LogP contribution in [0.3, 0.4) is 0 Å². The molecule has 1 aromatic carbocycles. The smallest absolute Gasteiger partial charge is 0.184 e. The summed E-state index contributed by atoms with van der Waals surface area (Å²) >= 11 is 5.97. The Morgan fingerprint density at radius 1 is 1.19 bits per heavy atom. The summed E-state index contributed by atoms with van der Waals surface area (Å²) in [5, 5.41) is 0. The van der Waals surface area contributed by atoms with Gasteiger partial charge in [0.05, 0.1) is 11.4 Å². The molecule has 1 heterocycles. The number of nitrogens with zero attached hydrogens (tertiary/aromatic N) is 2. The Morgan fingerprint density at radius 3 is 2.57 bits per heavy atom. The van der Waals surface area contributed by atoms with E-state index in [0.717, 1.165) is 38.2 Å². The predicted octanol–water partition coefficient (Wildman–Crippen LogP) is 5.58. The number of halogens is 3. The van der Waals surface area contributed by atoms with Gasteiger partial charge < -0.3 is 4.57 Å². The molecule has 116 valence electrons. The minimum absolute atomic E-state index is 0.116. The number of rotatable bonds is 7. The predicted molar refractivity (Wildman–Crippen MR) is 82.7 cm³/mol. The molecule has 0 fully saturated rings. The number of imidazole rings is 1. The molecule has 1 unspecified atom stereocenters. The number of hydrogen-bond acceptors (Lipinski definition) is 1. The van der Waals surface area contributed by atoms with Gasteiger partial charge in [0.25, 0.3) is 0 Å². The van der Waals surface area contributed by atoms with Gasteiger partial charge in [0.1, 0.15) is 11.3 Å². The first-order valence-electron chi connectivity index (χ1n) is 7.54. The Balaban J connectivity index is 2.59. The van der Waals surface area contributed by atoms with E-state index in [1.165, 1.54) is 6.07 Å². The molecule has 2 nitrogen and oxygen atoms in total. The van der Waals surface area contributed by atoms with Crippen molar-refractivity contribution in [2.75, 3.05) is 0 Å². The first kappa shape index (κ1) is 16.2. The van der Waals surface area contributed by atoms with Crippen molar-refractivity contribution < 1.29 is 8.78 Å². The van der Waals surface area contributed by atoms with Crippen molar-refractivity contribution >= 4 is 22.6 Å². The van der Waals surface area contributed by atoms with E-state index in [1.54, 1.807) is 0 Å². The van der Waals surface area contributed by atoms with Crippen LogP contribution in [0.15, 0.2) is 12.1 Å². The van der Waals surface area contributed by atoms with Crippen LogP contribution in [0, 0.1) is 11.6 Å². The van der Waals surface area contributed by atoms with E-state index >= 15 is 0 Å². The average Bonchev–Trinajstić information content (AvgIpc) is 2.86. The Kier molecular flexibility index (Phi) is 5.57. The molecule has 0 N–H and O–H groups in total. The second kappa shape index (κ2) is 7.21. The van der Waals surface area contributed by atoms with Gasteiger partial charge in [0.15, 0.2) is 11.6 Å². The van der Waals surface area contributed by atoms with Crippen LogP contribution in [0.5, 0.6) is 0 Å². The van der Waals surface area contributed by atoms with Crippen molar-refractivity contribution in [3.05, 3.63) is 29.6 Å². The van der Waals surface area contributed by atoms with Gasteiger partial charge in [0, 0.05) is 6.04 Å². The molecule has 1 atom stereocenters. The highest BCUT2D eigenvalue weighted by atomic mass is 35.5. The Morgan fingerprint density at radius 2 is 1.95 bits per heavy atom. The van der Waals surface area contributed by atoms with Crippen LogP contribution in [0.1, 0.15) is 57.8 Å². The summed E-state index contributed by atoms with van der Waals surface area (Å²) in [6, 6.07) is 2.75. The standard InChI is InChI=1S/C16H21ClF2N2/c1-3-5-7-11(6-4-2)21-14(10-17)20-13-9-8-12(18)15(19)16(13)21/h8-9,11H,3-7,10H2,1-2H3. The fourth-order valence-corrected chi connectivity index (χ4v) is 3.02. The molecule has 0 saturated carbocycles. The quantitative estimate of drug-likeness (QED) is 0.610. The minimum Gasteiger partial charge on any atom is -0.321 e. The van der Waals surface area contributed by atoms with Gasteiger partial charge in [-0.05, 0) is 25.0 Å². The number of unbranched alkanes of at least 4 members (excludes halogenated alkanes) is 1. The molecule has 0 aliphatic rings. The zero-order valence-electron chi connectivity index (χ0n) is 12.5. The molecule has 0 aliphatic heterocycles. The first-order valence-corrected chi connectivity index (χ1v) is 8.08. The molecule has 0 radical (unpaired) electrons. The summed E-state index contributed by atoms with van der Waals surface area (Å²) in [7, 11) is 0. The Labute approximate surface area is 129 Å². The maximum Gasteiger partial charge on any atom is 0.184 e. The molecule has 21 heavy (non-hydrogen) atoms. The van der Waals surface area contributed by atoms with Crippen LogP contribution in [-0.2, 0) is 5.88 Å². The van der Waals surface area contributed by atoms with E-state index in [-0.39, 0.29) is 17.4 Å². The van der Waals surface area contributed by atoms with Gasteiger partial charge in [-0.3, -0.25) is 0 Å². The monoisotopic (exact) mass is 314 g/mol. The maximum absolute atomic E-state index is 14.3. The molecule has 0 saturated heterocycles. The zero-order chi connectivity index (χ0) is 15.4. The lowest BCUT2D eigenvalue weighted by atomic mass is 10.0. The zero-order valence-corrected chi connectivity index (χ0v) is 13.3. The van der Waals surface area contributed by atoms with Crippen molar-refractivity contribution in [1.82, 2.24) is 9.55 Å². The largest absolute Gasteiger partial charge is 0.321 e. The number of hydrogen-bond donors (Lipinski definition) is 0. The number of benzene rings is 1. The van der Waals surface area contributed by atoms with Gasteiger partial charge in [-0.15, -0.1) is 11.6 Å². The van der Waals surface area contributed by atoms with E-state index in [0.29, 0.717) is 11.3 Å². The molecule has 1 aromatic heterocycles. The van der Waals surface area contributed by atoms with E-state index in [9.17, 15) is 8.78 Å². The van der Waals surface area contributed by atoms with Crippen LogP contribution in [0.25, 0.3) is 11.0 Å². The normalized spacial score (nSPS) is 13.0. The van der Waals surface area contributed by atoms with Crippen molar-refractivity contribution in [3.63, 3.8) is 0 Å². The van der Waals surface area contributed by atoms with Crippen molar-refractivity contribution in [2.45, 2.75) is 57.9 Å². The summed E-state index contributed by atoms with van der Waals surface area (Å²) < 4.78 is 29.7. The van der Waals surface area contributed by atoms with E-state index in [2.05, 4.69) is 18.8 Å². The molecule has 0 spiro atoms. The lowest BCUT2D eigenvalue weighted by Crippen LogP contribution is -2.13. The van der Waals surface area contributed by atoms with E-state index in [1.807, 2.05) is 4.57 Å². The van der Waals surface area contributed by atoms with Crippen LogP contribution in [0.4, 0.5) is 8.78 Å². The van der Waals surface area contributed by atoms with Crippen molar-refractivity contribution in [3.8, 4) is 0 Å². The summed E-state index contributed by atoms with van der Waals surface area (Å²) in [4.78, 5) is 4.37. The van der Waals surface area contributed by atoms with Gasteiger partial charge in [0.2, 0.25) is 0 Å². The molecule has 2 rings (SSSR count). The van der Waals surface area contributed by atoms with E-state index in [4.69, 9.17) is 11.6 Å². The summed E-state index contributed by atoms with van der Waals surface area (Å²) in [5.74, 6) is -0.850. The third kappa shape index (κ3) is 3.20. The SMILES string of the molecule is CCCCC(CCC)n1c(CCl)nc2ccc(F)c(F)c21. The van der Waals surface area contributed by atoms with Gasteiger partial charge in [-0.1, -0.05) is 33.1 Å². The number of fused-ring (bicyclic) bond motifs is 1.